The largest absolute Gasteiger partial charge is 0.348 e. The van der Waals surface area contributed by atoms with Gasteiger partial charge >= 0.3 is 0 Å². The molecule has 2 aromatic carbocycles. The fourth-order valence-corrected chi connectivity index (χ4v) is 4.97. The van der Waals surface area contributed by atoms with Crippen molar-refractivity contribution in [1.82, 2.24) is 14.9 Å². The van der Waals surface area contributed by atoms with Crippen molar-refractivity contribution >= 4 is 39.9 Å². The normalized spacial score (nSPS) is 12.1. The van der Waals surface area contributed by atoms with Crippen LogP contribution in [0.4, 0.5) is 0 Å². The maximum absolute atomic E-state index is 13.4. The molecule has 0 radical (unpaired) electrons. The molecule has 0 aliphatic carbocycles. The first-order chi connectivity index (χ1) is 15.0. The Labute approximate surface area is 189 Å². The fourth-order valence-electron chi connectivity index (χ4n) is 3.42. The number of nitrogens with zero attached hydrogens (tertiary/aromatic N) is 2. The Balaban J connectivity index is 1.69. The molecule has 0 spiro atoms. The lowest BCUT2D eigenvalue weighted by Gasteiger charge is -2.17. The minimum absolute atomic E-state index is 0.0566. The number of aryl methyl sites for hydroxylation is 1. The number of rotatable bonds is 6. The molecule has 2 aromatic heterocycles. The minimum Gasteiger partial charge on any atom is -0.348 e. The Morgan fingerprint density at radius 2 is 1.94 bits per heavy atom. The van der Waals surface area contributed by atoms with Gasteiger partial charge in [0.25, 0.3) is 5.56 Å². The van der Waals surface area contributed by atoms with Crippen LogP contribution in [0.1, 0.15) is 29.0 Å². The predicted molar refractivity (Wildman–Crippen MR) is 128 cm³/mol. The van der Waals surface area contributed by atoms with Crippen LogP contribution in [-0.4, -0.2) is 21.2 Å². The third kappa shape index (κ3) is 4.43. The molecule has 0 saturated heterocycles. The fraction of sp³-hybridized carbons (Fsp3) is 0.208. The second-order valence-electron chi connectivity index (χ2n) is 7.36. The number of hydrogen-bond acceptors (Lipinski definition) is 5. The first-order valence-corrected chi connectivity index (χ1v) is 11.9. The van der Waals surface area contributed by atoms with E-state index in [9.17, 15) is 9.59 Å². The summed E-state index contributed by atoms with van der Waals surface area (Å²) in [6.45, 7) is 5.98. The van der Waals surface area contributed by atoms with Gasteiger partial charge in [-0.2, -0.15) is 0 Å². The summed E-state index contributed by atoms with van der Waals surface area (Å²) in [5.74, 6) is 0.0755. The van der Waals surface area contributed by atoms with Crippen LogP contribution >= 0.6 is 23.1 Å². The zero-order valence-electron chi connectivity index (χ0n) is 17.6. The van der Waals surface area contributed by atoms with E-state index < -0.39 is 0 Å². The molecular formula is C24H23N3O2S2. The molecule has 1 atom stereocenters. The third-order valence-corrected chi connectivity index (χ3v) is 7.24. The second-order valence-corrected chi connectivity index (χ2v) is 9.29. The van der Waals surface area contributed by atoms with Crippen LogP contribution in [0.2, 0.25) is 0 Å². The van der Waals surface area contributed by atoms with E-state index in [1.165, 1.54) is 11.8 Å². The van der Waals surface area contributed by atoms with E-state index in [-0.39, 0.29) is 23.3 Å². The number of para-hydroxylation sites is 1. The van der Waals surface area contributed by atoms with Crippen molar-refractivity contribution in [2.24, 2.45) is 0 Å². The maximum atomic E-state index is 13.4. The van der Waals surface area contributed by atoms with Crippen molar-refractivity contribution in [2.75, 3.05) is 5.75 Å². The van der Waals surface area contributed by atoms with Crippen LogP contribution in [0.3, 0.4) is 0 Å². The molecule has 0 fully saturated rings. The number of thioether (sulfide) groups is 1. The van der Waals surface area contributed by atoms with Crippen LogP contribution < -0.4 is 10.9 Å². The highest BCUT2D eigenvalue weighted by Crippen LogP contribution is 2.25. The molecule has 0 aliphatic rings. The summed E-state index contributed by atoms with van der Waals surface area (Å²) in [6, 6.07) is 17.1. The quantitative estimate of drug-likeness (QED) is 0.331. The summed E-state index contributed by atoms with van der Waals surface area (Å²) in [5, 5.41) is 6.08. The maximum Gasteiger partial charge on any atom is 0.266 e. The van der Waals surface area contributed by atoms with Gasteiger partial charge in [0.05, 0.1) is 28.4 Å². The SMILES string of the molecule is Cc1cccc(-n2c(SCC(=O)NC(C)c3cccs3)nc3ccccc3c2=O)c1C. The first kappa shape index (κ1) is 21.3. The number of amides is 1. The van der Waals surface area contributed by atoms with Crippen molar-refractivity contribution in [1.29, 1.82) is 0 Å². The molecule has 7 heteroatoms. The highest BCUT2D eigenvalue weighted by Gasteiger charge is 2.17. The second kappa shape index (κ2) is 9.08. The van der Waals surface area contributed by atoms with Gasteiger partial charge in [-0.1, -0.05) is 42.1 Å². The summed E-state index contributed by atoms with van der Waals surface area (Å²) in [6.07, 6.45) is 0. The smallest absolute Gasteiger partial charge is 0.266 e. The van der Waals surface area contributed by atoms with Gasteiger partial charge in [-0.3, -0.25) is 14.2 Å². The Morgan fingerprint density at radius 1 is 1.13 bits per heavy atom. The first-order valence-electron chi connectivity index (χ1n) is 9.99. The van der Waals surface area contributed by atoms with Gasteiger partial charge in [-0.25, -0.2) is 4.98 Å². The topological polar surface area (TPSA) is 64.0 Å². The molecule has 0 bridgehead atoms. The van der Waals surface area contributed by atoms with E-state index in [0.29, 0.717) is 16.1 Å². The van der Waals surface area contributed by atoms with Crippen molar-refractivity contribution in [3.05, 3.63) is 86.3 Å². The van der Waals surface area contributed by atoms with Gasteiger partial charge in [0.2, 0.25) is 5.91 Å². The van der Waals surface area contributed by atoms with Crippen LogP contribution in [-0.2, 0) is 4.79 Å². The molecule has 4 rings (SSSR count). The van der Waals surface area contributed by atoms with Crippen molar-refractivity contribution in [2.45, 2.75) is 32.0 Å². The van der Waals surface area contributed by atoms with Gasteiger partial charge in [-0.05, 0) is 61.5 Å². The average molecular weight is 450 g/mol. The van der Waals surface area contributed by atoms with Crippen molar-refractivity contribution < 1.29 is 4.79 Å². The Kier molecular flexibility index (Phi) is 6.25. The number of thiophene rings is 1. The summed E-state index contributed by atoms with van der Waals surface area (Å²) in [7, 11) is 0. The van der Waals surface area contributed by atoms with E-state index in [2.05, 4.69) is 5.32 Å². The van der Waals surface area contributed by atoms with Gasteiger partial charge in [0.15, 0.2) is 5.16 Å². The lowest BCUT2D eigenvalue weighted by atomic mass is 10.1. The van der Waals surface area contributed by atoms with Crippen molar-refractivity contribution in [3.63, 3.8) is 0 Å². The monoisotopic (exact) mass is 449 g/mol. The van der Waals surface area contributed by atoms with E-state index in [0.717, 1.165) is 21.7 Å². The molecule has 2 heterocycles. The molecule has 31 heavy (non-hydrogen) atoms. The van der Waals surface area contributed by atoms with E-state index in [1.807, 2.05) is 74.7 Å². The van der Waals surface area contributed by atoms with E-state index in [1.54, 1.807) is 22.0 Å². The van der Waals surface area contributed by atoms with Crippen LogP contribution in [0.15, 0.2) is 69.9 Å². The molecule has 0 saturated carbocycles. The Morgan fingerprint density at radius 3 is 2.71 bits per heavy atom. The summed E-state index contributed by atoms with van der Waals surface area (Å²) in [5.41, 5.74) is 3.39. The van der Waals surface area contributed by atoms with Crippen molar-refractivity contribution in [3.8, 4) is 5.69 Å². The van der Waals surface area contributed by atoms with E-state index in [4.69, 9.17) is 4.98 Å². The molecule has 1 N–H and O–H groups in total. The van der Waals surface area contributed by atoms with Gasteiger partial charge < -0.3 is 5.32 Å². The Bertz CT molecular complexity index is 1300. The molecule has 4 aromatic rings. The summed E-state index contributed by atoms with van der Waals surface area (Å²) in [4.78, 5) is 31.8. The highest BCUT2D eigenvalue weighted by atomic mass is 32.2. The minimum atomic E-state index is -0.130. The number of benzene rings is 2. The highest BCUT2D eigenvalue weighted by molar-refractivity contribution is 7.99. The number of carbonyl (C=O) groups is 1. The van der Waals surface area contributed by atoms with E-state index >= 15 is 0 Å². The molecule has 5 nitrogen and oxygen atoms in total. The number of carbonyl (C=O) groups excluding carboxylic acids is 1. The number of nitrogens with one attached hydrogen (secondary N) is 1. The molecule has 0 aliphatic heterocycles. The summed E-state index contributed by atoms with van der Waals surface area (Å²) < 4.78 is 1.63. The van der Waals surface area contributed by atoms with Crippen LogP contribution in [0, 0.1) is 13.8 Å². The standard InChI is InChI=1S/C24H23N3O2S2/c1-15-8-6-11-20(16(15)2)27-23(29)18-9-4-5-10-19(18)26-24(27)31-14-22(28)25-17(3)21-12-7-13-30-21/h4-13,17H,14H2,1-3H3,(H,25,28). The molecule has 158 valence electrons. The van der Waals surface area contributed by atoms with Gasteiger partial charge in [0, 0.05) is 4.88 Å². The number of hydrogen-bond donors (Lipinski definition) is 1. The zero-order chi connectivity index (χ0) is 22.0. The van der Waals surface area contributed by atoms with Crippen LogP contribution in [0.5, 0.6) is 0 Å². The average Bonchev–Trinajstić information content (AvgIpc) is 3.30. The molecule has 1 unspecified atom stereocenters. The lowest BCUT2D eigenvalue weighted by molar-refractivity contribution is -0.119. The molecular weight excluding hydrogens is 426 g/mol. The third-order valence-electron chi connectivity index (χ3n) is 5.24. The number of aromatic nitrogens is 2. The van der Waals surface area contributed by atoms with Gasteiger partial charge in [-0.15, -0.1) is 11.3 Å². The predicted octanol–water partition coefficient (Wildman–Crippen LogP) is 5.03. The van der Waals surface area contributed by atoms with Gasteiger partial charge in [0.1, 0.15) is 0 Å². The zero-order valence-corrected chi connectivity index (χ0v) is 19.2. The lowest BCUT2D eigenvalue weighted by Crippen LogP contribution is -2.28. The Hall–Kier alpha value is -2.90. The molecule has 1 amide bonds. The summed E-state index contributed by atoms with van der Waals surface area (Å²) >= 11 is 2.89. The van der Waals surface area contributed by atoms with Crippen LogP contribution in [0.25, 0.3) is 16.6 Å². The number of fused-ring (bicyclic) bond motifs is 1.